The minimum Gasteiger partial charge on any atom is -0.465 e. The van der Waals surface area contributed by atoms with Gasteiger partial charge in [0.25, 0.3) is 0 Å². The van der Waals surface area contributed by atoms with Crippen molar-refractivity contribution in [3.8, 4) is 12.3 Å². The smallest absolute Gasteiger partial charge is 0.328 e. The number of carbonyl (C=O) groups excluding carboxylic acids is 1. The van der Waals surface area contributed by atoms with Crippen molar-refractivity contribution in [3.05, 3.63) is 21.9 Å². The van der Waals surface area contributed by atoms with Gasteiger partial charge in [-0.2, -0.15) is 0 Å². The van der Waals surface area contributed by atoms with Crippen LogP contribution in [0.15, 0.2) is 12.1 Å². The molecule has 0 saturated carbocycles. The Morgan fingerprint density at radius 1 is 1.53 bits per heavy atom. The summed E-state index contributed by atoms with van der Waals surface area (Å²) < 4.78 is 5.09. The highest BCUT2D eigenvalue weighted by Gasteiger charge is 2.25. The molecule has 1 aromatic rings. The lowest BCUT2D eigenvalue weighted by Gasteiger charge is -2.17. The average Bonchev–Trinajstić information content (AvgIpc) is 2.79. The Bertz CT molecular complexity index is 465. The lowest BCUT2D eigenvalue weighted by molar-refractivity contribution is -0.145. The molecule has 0 aliphatic heterocycles. The fourth-order valence-electron chi connectivity index (χ4n) is 1.60. The summed E-state index contributed by atoms with van der Waals surface area (Å²) in [4.78, 5) is 14.1. The monoisotopic (exact) mass is 279 g/mol. The van der Waals surface area contributed by atoms with E-state index in [0.717, 1.165) is 4.88 Å². The second-order valence-corrected chi connectivity index (χ2v) is 6.34. The van der Waals surface area contributed by atoms with Crippen molar-refractivity contribution in [2.24, 2.45) is 0 Å². The van der Waals surface area contributed by atoms with E-state index >= 15 is 0 Å². The quantitative estimate of drug-likeness (QED) is 0.665. The molecule has 0 aliphatic rings. The Morgan fingerprint density at radius 2 is 2.21 bits per heavy atom. The molecule has 1 atom stereocenters. The second kappa shape index (κ2) is 6.74. The zero-order chi connectivity index (χ0) is 14.5. The number of thiophene rings is 1. The van der Waals surface area contributed by atoms with E-state index in [9.17, 15) is 4.79 Å². The molecule has 1 unspecified atom stereocenters. The van der Waals surface area contributed by atoms with E-state index in [2.05, 4.69) is 38.1 Å². The molecule has 0 aromatic carbocycles. The number of rotatable bonds is 5. The predicted octanol–water partition coefficient (Wildman–Crippen LogP) is 2.87. The summed E-state index contributed by atoms with van der Waals surface area (Å²) in [6, 6.07) is 3.55. The first-order valence-corrected chi connectivity index (χ1v) is 7.15. The van der Waals surface area contributed by atoms with Crippen molar-refractivity contribution in [1.82, 2.24) is 5.32 Å². The molecule has 0 amide bonds. The third-order valence-corrected chi connectivity index (χ3v) is 4.16. The average molecular weight is 279 g/mol. The fraction of sp³-hybridized carbons (Fsp3) is 0.533. The zero-order valence-corrected chi connectivity index (χ0v) is 12.8. The summed E-state index contributed by atoms with van der Waals surface area (Å²) in [6.45, 7) is 8.95. The largest absolute Gasteiger partial charge is 0.465 e. The predicted molar refractivity (Wildman–Crippen MR) is 79.2 cm³/mol. The van der Waals surface area contributed by atoms with Gasteiger partial charge in [0.1, 0.15) is 6.04 Å². The van der Waals surface area contributed by atoms with Crippen molar-refractivity contribution < 1.29 is 9.53 Å². The van der Waals surface area contributed by atoms with Gasteiger partial charge in [-0.1, -0.05) is 26.7 Å². The third-order valence-electron chi connectivity index (χ3n) is 2.58. The molecule has 19 heavy (non-hydrogen) atoms. The van der Waals surface area contributed by atoms with Crippen LogP contribution in [0.4, 0.5) is 0 Å². The van der Waals surface area contributed by atoms with E-state index in [1.165, 1.54) is 4.88 Å². The number of terminal acetylenes is 1. The number of ether oxygens (including phenoxy) is 1. The van der Waals surface area contributed by atoms with Gasteiger partial charge in [0.05, 0.1) is 13.2 Å². The van der Waals surface area contributed by atoms with Gasteiger partial charge in [-0.3, -0.25) is 5.32 Å². The van der Waals surface area contributed by atoms with Crippen molar-refractivity contribution in [1.29, 1.82) is 0 Å². The fourth-order valence-corrected chi connectivity index (χ4v) is 2.73. The van der Waals surface area contributed by atoms with Gasteiger partial charge in [-0.05, 0) is 24.5 Å². The molecule has 1 aromatic heterocycles. The number of carbonyl (C=O) groups is 1. The van der Waals surface area contributed by atoms with Crippen LogP contribution >= 0.6 is 11.3 Å². The van der Waals surface area contributed by atoms with Gasteiger partial charge in [0, 0.05) is 9.75 Å². The minimum absolute atomic E-state index is 0.0776. The lowest BCUT2D eigenvalue weighted by atomic mass is 9.95. The molecule has 0 radical (unpaired) electrons. The lowest BCUT2D eigenvalue weighted by Crippen LogP contribution is -2.29. The maximum atomic E-state index is 12.0. The van der Waals surface area contributed by atoms with Gasteiger partial charge < -0.3 is 4.74 Å². The summed E-state index contributed by atoms with van der Waals surface area (Å²) in [5, 5.41) is 3.03. The highest BCUT2D eigenvalue weighted by Crippen LogP contribution is 2.32. The zero-order valence-electron chi connectivity index (χ0n) is 11.9. The highest BCUT2D eigenvalue weighted by molar-refractivity contribution is 7.12. The van der Waals surface area contributed by atoms with Crippen LogP contribution in [0.25, 0.3) is 0 Å². The topological polar surface area (TPSA) is 38.3 Å². The van der Waals surface area contributed by atoms with Crippen LogP contribution in [0.2, 0.25) is 0 Å². The molecule has 0 bridgehead atoms. The van der Waals surface area contributed by atoms with E-state index < -0.39 is 6.04 Å². The van der Waals surface area contributed by atoms with Crippen LogP contribution in [-0.2, 0) is 14.9 Å². The van der Waals surface area contributed by atoms with E-state index in [1.807, 2.05) is 6.07 Å². The number of hydrogen-bond acceptors (Lipinski definition) is 4. The highest BCUT2D eigenvalue weighted by atomic mass is 32.1. The Hall–Kier alpha value is -1.31. The standard InChI is InChI=1S/C15H21NO2S/c1-6-10-16-13(14(17)18-7-2)11-8-9-12(19-11)15(3,4)5/h1,8-9,13,16H,7,10H2,2-5H3. The molecule has 1 rings (SSSR count). The SMILES string of the molecule is C#CCNC(C(=O)OCC)c1ccc(C(C)(C)C)s1. The molecule has 0 fully saturated rings. The van der Waals surface area contributed by atoms with Crippen molar-refractivity contribution in [2.75, 3.05) is 13.2 Å². The van der Waals surface area contributed by atoms with Crippen molar-refractivity contribution in [3.63, 3.8) is 0 Å². The number of esters is 1. The number of hydrogen-bond donors (Lipinski definition) is 1. The maximum Gasteiger partial charge on any atom is 0.328 e. The minimum atomic E-state index is -0.475. The van der Waals surface area contributed by atoms with Gasteiger partial charge in [0.15, 0.2) is 0 Å². The summed E-state index contributed by atoms with van der Waals surface area (Å²) in [7, 11) is 0. The van der Waals surface area contributed by atoms with E-state index in [1.54, 1.807) is 18.3 Å². The molecular formula is C15H21NO2S. The number of nitrogens with one attached hydrogen (secondary N) is 1. The van der Waals surface area contributed by atoms with Crippen LogP contribution in [0.5, 0.6) is 0 Å². The Balaban J connectivity index is 2.94. The molecular weight excluding hydrogens is 258 g/mol. The molecule has 0 saturated heterocycles. The molecule has 3 nitrogen and oxygen atoms in total. The molecule has 0 aliphatic carbocycles. The molecule has 1 heterocycles. The maximum absolute atomic E-state index is 12.0. The summed E-state index contributed by atoms with van der Waals surface area (Å²) in [5.41, 5.74) is 0.0776. The molecule has 0 spiro atoms. The molecule has 104 valence electrons. The van der Waals surface area contributed by atoms with E-state index in [4.69, 9.17) is 11.2 Å². The van der Waals surface area contributed by atoms with Gasteiger partial charge >= 0.3 is 5.97 Å². The normalized spacial score (nSPS) is 12.8. The van der Waals surface area contributed by atoms with Crippen molar-refractivity contribution >= 4 is 17.3 Å². The van der Waals surface area contributed by atoms with Crippen LogP contribution in [0.3, 0.4) is 0 Å². The van der Waals surface area contributed by atoms with Gasteiger partial charge in [-0.15, -0.1) is 17.8 Å². The van der Waals surface area contributed by atoms with E-state index in [0.29, 0.717) is 13.2 Å². The summed E-state index contributed by atoms with van der Waals surface area (Å²) in [6.07, 6.45) is 5.24. The Morgan fingerprint density at radius 3 is 2.68 bits per heavy atom. The first-order chi connectivity index (χ1) is 8.90. The van der Waals surface area contributed by atoms with Crippen LogP contribution in [0, 0.1) is 12.3 Å². The second-order valence-electron chi connectivity index (χ2n) is 5.22. The van der Waals surface area contributed by atoms with E-state index in [-0.39, 0.29) is 11.4 Å². The first-order valence-electron chi connectivity index (χ1n) is 6.33. The van der Waals surface area contributed by atoms with Crippen LogP contribution in [-0.4, -0.2) is 19.1 Å². The van der Waals surface area contributed by atoms with Gasteiger partial charge in [-0.25, -0.2) is 4.79 Å². The Labute approximate surface area is 119 Å². The first kappa shape index (κ1) is 15.7. The third kappa shape index (κ3) is 4.38. The van der Waals surface area contributed by atoms with Crippen LogP contribution in [0.1, 0.15) is 43.5 Å². The Kier molecular flexibility index (Phi) is 5.59. The van der Waals surface area contributed by atoms with Gasteiger partial charge in [0.2, 0.25) is 0 Å². The molecule has 4 heteroatoms. The summed E-state index contributed by atoms with van der Waals surface area (Å²) in [5.74, 6) is 2.21. The summed E-state index contributed by atoms with van der Waals surface area (Å²) >= 11 is 1.62. The van der Waals surface area contributed by atoms with Crippen molar-refractivity contribution in [2.45, 2.75) is 39.2 Å². The van der Waals surface area contributed by atoms with Crippen LogP contribution < -0.4 is 5.32 Å². The molecule has 1 N–H and O–H groups in total.